The zero-order valence-electron chi connectivity index (χ0n) is 5.97. The second-order valence-electron chi connectivity index (χ2n) is 2.44. The number of unbranched alkanes of at least 4 members (excludes halogenated alkanes) is 2. The molecule has 0 aromatic carbocycles. The van der Waals surface area contributed by atoms with Crippen molar-refractivity contribution in [2.24, 2.45) is 0 Å². The van der Waals surface area contributed by atoms with Gasteiger partial charge < -0.3 is 4.74 Å². The first-order valence-electron chi connectivity index (χ1n) is 3.71. The molecule has 1 nitrogen and oxygen atoms in total. The molecule has 0 N–H and O–H groups in total. The lowest BCUT2D eigenvalue weighted by molar-refractivity contribution is 0.439. The highest BCUT2D eigenvalue weighted by atomic mass is 16.6. The fraction of sp³-hybridized carbons (Fsp3) is 0.750. The Bertz CT molecular complexity index is 92.7. The van der Waals surface area contributed by atoms with Crippen molar-refractivity contribution < 1.29 is 4.74 Å². The molecule has 0 saturated carbocycles. The summed E-state index contributed by atoms with van der Waals surface area (Å²) in [7, 11) is 0. The van der Waals surface area contributed by atoms with Gasteiger partial charge in [0.15, 0.2) is 0 Å². The van der Waals surface area contributed by atoms with Gasteiger partial charge in [-0.3, -0.25) is 0 Å². The molecule has 1 unspecified atom stereocenters. The molecule has 1 fully saturated rings. The predicted octanol–water partition coefficient (Wildman–Crippen LogP) is 2.13. The molecule has 0 amide bonds. The molecule has 1 aliphatic heterocycles. The second kappa shape index (κ2) is 3.67. The first-order valence-corrected chi connectivity index (χ1v) is 3.71. The summed E-state index contributed by atoms with van der Waals surface area (Å²) in [4.78, 5) is 0. The Morgan fingerprint density at radius 1 is 1.67 bits per heavy atom. The van der Waals surface area contributed by atoms with Crippen LogP contribution in [-0.2, 0) is 4.74 Å². The third-order valence-corrected chi connectivity index (χ3v) is 1.43. The van der Waals surface area contributed by atoms with Crippen LogP contribution in [0.15, 0.2) is 12.2 Å². The highest BCUT2D eigenvalue weighted by molar-refractivity contribution is 4.95. The minimum Gasteiger partial charge on any atom is -0.369 e. The summed E-state index contributed by atoms with van der Waals surface area (Å²) in [5, 5.41) is 0. The summed E-state index contributed by atoms with van der Waals surface area (Å²) in [5.41, 5.74) is 0. The zero-order chi connectivity index (χ0) is 6.53. The average molecular weight is 126 g/mol. The van der Waals surface area contributed by atoms with Crippen molar-refractivity contribution in [3.8, 4) is 0 Å². The van der Waals surface area contributed by atoms with Crippen molar-refractivity contribution >= 4 is 0 Å². The Kier molecular flexibility index (Phi) is 2.78. The van der Waals surface area contributed by atoms with Gasteiger partial charge in [0, 0.05) is 0 Å². The lowest BCUT2D eigenvalue weighted by Gasteiger charge is -1.85. The van der Waals surface area contributed by atoms with Crippen LogP contribution < -0.4 is 0 Å². The molecule has 1 atom stereocenters. The molecule has 1 saturated heterocycles. The van der Waals surface area contributed by atoms with E-state index in [-0.39, 0.29) is 0 Å². The molecule has 1 heterocycles. The third-order valence-electron chi connectivity index (χ3n) is 1.43. The van der Waals surface area contributed by atoms with Crippen molar-refractivity contribution in [3.63, 3.8) is 0 Å². The molecule has 0 aromatic rings. The van der Waals surface area contributed by atoms with Gasteiger partial charge in [0.2, 0.25) is 0 Å². The van der Waals surface area contributed by atoms with Crippen LogP contribution in [-0.4, -0.2) is 12.7 Å². The van der Waals surface area contributed by atoms with Crippen LogP contribution in [0.25, 0.3) is 0 Å². The van der Waals surface area contributed by atoms with Crippen LogP contribution in [0.2, 0.25) is 0 Å². The molecule has 0 bridgehead atoms. The topological polar surface area (TPSA) is 12.5 Å². The van der Waals surface area contributed by atoms with Crippen LogP contribution in [0.4, 0.5) is 0 Å². The van der Waals surface area contributed by atoms with Crippen LogP contribution in [0, 0.1) is 0 Å². The molecule has 1 heteroatoms. The van der Waals surface area contributed by atoms with Crippen molar-refractivity contribution in [3.05, 3.63) is 12.2 Å². The van der Waals surface area contributed by atoms with Crippen molar-refractivity contribution in [2.75, 3.05) is 6.61 Å². The smallest absolute Gasteiger partial charge is 0.0991 e. The average Bonchev–Trinajstić information content (AvgIpc) is 2.63. The van der Waals surface area contributed by atoms with E-state index >= 15 is 0 Å². The largest absolute Gasteiger partial charge is 0.369 e. The quantitative estimate of drug-likeness (QED) is 0.319. The van der Waals surface area contributed by atoms with E-state index in [1.807, 2.05) is 0 Å². The predicted molar refractivity (Wildman–Crippen MR) is 38.4 cm³/mol. The number of hydrogen-bond donors (Lipinski definition) is 0. The first-order chi connectivity index (χ1) is 4.43. The Balaban J connectivity index is 1.89. The molecule has 0 aromatic heterocycles. The summed E-state index contributed by atoms with van der Waals surface area (Å²) in [6.45, 7) is 3.16. The number of ether oxygens (including phenoxy) is 1. The number of hydrogen-bond acceptors (Lipinski definition) is 1. The maximum atomic E-state index is 5.00. The fourth-order valence-electron chi connectivity index (χ4n) is 0.737. The molecule has 1 rings (SSSR count). The van der Waals surface area contributed by atoms with Crippen molar-refractivity contribution in [2.45, 2.75) is 32.3 Å². The van der Waals surface area contributed by atoms with Gasteiger partial charge in [-0.25, -0.2) is 0 Å². The molecule has 0 aliphatic carbocycles. The SMILES string of the molecule is CCCCC=CC1CO1. The summed E-state index contributed by atoms with van der Waals surface area (Å²) in [5.74, 6) is 0. The zero-order valence-corrected chi connectivity index (χ0v) is 5.97. The summed E-state index contributed by atoms with van der Waals surface area (Å²) >= 11 is 0. The van der Waals surface area contributed by atoms with Gasteiger partial charge in [-0.2, -0.15) is 0 Å². The van der Waals surface area contributed by atoms with Crippen molar-refractivity contribution in [1.29, 1.82) is 0 Å². The van der Waals surface area contributed by atoms with Crippen molar-refractivity contribution in [1.82, 2.24) is 0 Å². The van der Waals surface area contributed by atoms with Crippen LogP contribution in [0.1, 0.15) is 26.2 Å². The van der Waals surface area contributed by atoms with E-state index in [9.17, 15) is 0 Å². The minimum atomic E-state index is 0.474. The van der Waals surface area contributed by atoms with E-state index in [0.29, 0.717) is 6.10 Å². The van der Waals surface area contributed by atoms with Gasteiger partial charge in [0.25, 0.3) is 0 Å². The first kappa shape index (κ1) is 6.81. The highest BCUT2D eigenvalue weighted by Gasteiger charge is 2.17. The highest BCUT2D eigenvalue weighted by Crippen LogP contribution is 2.10. The maximum Gasteiger partial charge on any atom is 0.0991 e. The molecule has 9 heavy (non-hydrogen) atoms. The van der Waals surface area contributed by atoms with Crippen LogP contribution in [0.3, 0.4) is 0 Å². The Morgan fingerprint density at radius 3 is 3.00 bits per heavy atom. The third kappa shape index (κ3) is 3.31. The van der Waals surface area contributed by atoms with E-state index in [4.69, 9.17) is 4.74 Å². The van der Waals surface area contributed by atoms with Gasteiger partial charge in [0.1, 0.15) is 0 Å². The lowest BCUT2D eigenvalue weighted by atomic mass is 10.2. The summed E-state index contributed by atoms with van der Waals surface area (Å²) in [6, 6.07) is 0. The van der Waals surface area contributed by atoms with Gasteiger partial charge in [-0.1, -0.05) is 31.9 Å². The maximum absolute atomic E-state index is 5.00. The van der Waals surface area contributed by atoms with Gasteiger partial charge >= 0.3 is 0 Å². The Morgan fingerprint density at radius 2 is 2.44 bits per heavy atom. The van der Waals surface area contributed by atoms with E-state index in [1.54, 1.807) is 0 Å². The minimum absolute atomic E-state index is 0.474. The van der Waals surface area contributed by atoms with Gasteiger partial charge in [-0.15, -0.1) is 0 Å². The van der Waals surface area contributed by atoms with E-state index < -0.39 is 0 Å². The summed E-state index contributed by atoms with van der Waals surface area (Å²) in [6.07, 6.45) is 8.67. The van der Waals surface area contributed by atoms with Gasteiger partial charge in [0.05, 0.1) is 12.7 Å². The number of rotatable bonds is 4. The lowest BCUT2D eigenvalue weighted by Crippen LogP contribution is -1.73. The molecule has 52 valence electrons. The summed E-state index contributed by atoms with van der Waals surface area (Å²) < 4.78 is 5.00. The van der Waals surface area contributed by atoms with E-state index in [0.717, 1.165) is 6.61 Å². The van der Waals surface area contributed by atoms with E-state index in [2.05, 4.69) is 19.1 Å². The number of epoxide rings is 1. The standard InChI is InChI=1S/C8H14O/c1-2-3-4-5-6-8-7-9-8/h5-6,8H,2-4,7H2,1H3. The molecular weight excluding hydrogens is 112 g/mol. The molecule has 0 radical (unpaired) electrons. The Labute approximate surface area is 56.7 Å². The Hall–Kier alpha value is -0.300. The molecular formula is C8H14O. The van der Waals surface area contributed by atoms with Gasteiger partial charge in [-0.05, 0) is 6.42 Å². The second-order valence-corrected chi connectivity index (χ2v) is 2.44. The monoisotopic (exact) mass is 126 g/mol. The fourth-order valence-corrected chi connectivity index (χ4v) is 0.737. The van der Waals surface area contributed by atoms with Crippen LogP contribution >= 0.6 is 0 Å². The molecule has 0 spiro atoms. The number of allylic oxidation sites excluding steroid dienone is 1. The normalized spacial score (nSPS) is 25.2. The van der Waals surface area contributed by atoms with E-state index in [1.165, 1.54) is 19.3 Å². The van der Waals surface area contributed by atoms with Crippen LogP contribution in [0.5, 0.6) is 0 Å². The molecule has 1 aliphatic rings.